The van der Waals surface area contributed by atoms with Gasteiger partial charge in [-0.15, -0.1) is 0 Å². The van der Waals surface area contributed by atoms with Gasteiger partial charge in [-0.05, 0) is 57.9 Å². The third-order valence-electron chi connectivity index (χ3n) is 6.67. The lowest BCUT2D eigenvalue weighted by Crippen LogP contribution is -2.44. The Kier molecular flexibility index (Phi) is 9.44. The molecule has 0 aliphatic carbocycles. The molecule has 39 heavy (non-hydrogen) atoms. The number of rotatable bonds is 12. The molecule has 1 unspecified atom stereocenters. The van der Waals surface area contributed by atoms with Crippen molar-refractivity contribution in [1.29, 1.82) is 5.26 Å². The van der Waals surface area contributed by atoms with Gasteiger partial charge < -0.3 is 24.9 Å². The number of anilines is 2. The fourth-order valence-electron chi connectivity index (χ4n) is 4.75. The maximum Gasteiger partial charge on any atom is 0.229 e. The number of nitrogens with zero attached hydrogens (tertiary/aromatic N) is 2. The van der Waals surface area contributed by atoms with Crippen molar-refractivity contribution in [3.05, 3.63) is 66.2 Å². The molecular weight excluding hydrogens is 494 g/mol. The van der Waals surface area contributed by atoms with Crippen LogP contribution in [0.1, 0.15) is 58.4 Å². The fourth-order valence-corrected chi connectivity index (χ4v) is 4.75. The molecule has 2 amide bonds. The van der Waals surface area contributed by atoms with Gasteiger partial charge in [0.05, 0.1) is 40.6 Å². The van der Waals surface area contributed by atoms with Crippen molar-refractivity contribution in [3.63, 3.8) is 0 Å². The van der Waals surface area contributed by atoms with Crippen molar-refractivity contribution in [3.8, 4) is 11.8 Å². The number of nitriles is 1. The minimum atomic E-state index is -0.963. The summed E-state index contributed by atoms with van der Waals surface area (Å²) < 4.78 is 6.37. The molecule has 0 aliphatic rings. The van der Waals surface area contributed by atoms with E-state index in [1.807, 2.05) is 31.2 Å². The highest BCUT2D eigenvalue weighted by atomic mass is 16.5. The average Bonchev–Trinajstić information content (AvgIpc) is 2.88. The molecule has 0 spiro atoms. The third-order valence-corrected chi connectivity index (χ3v) is 6.67. The lowest BCUT2D eigenvalue weighted by Gasteiger charge is -2.38. The molecule has 3 aromatic rings. The SMILES string of the molecule is CN(C(=O)CC(C)(CCCC(=O)Nc1ccccc1O)OC(C)(C)CC=O)c1ccc(C#N)c2ccccc12. The lowest BCUT2D eigenvalue weighted by molar-refractivity contribution is -0.154. The summed E-state index contributed by atoms with van der Waals surface area (Å²) in [6.45, 7) is 5.42. The van der Waals surface area contributed by atoms with E-state index in [9.17, 15) is 24.8 Å². The predicted molar refractivity (Wildman–Crippen MR) is 152 cm³/mol. The van der Waals surface area contributed by atoms with E-state index in [2.05, 4.69) is 11.4 Å². The van der Waals surface area contributed by atoms with E-state index in [1.54, 1.807) is 56.1 Å². The van der Waals surface area contributed by atoms with Crippen LogP contribution in [-0.2, 0) is 19.1 Å². The van der Waals surface area contributed by atoms with Crippen LogP contribution in [0.2, 0.25) is 0 Å². The van der Waals surface area contributed by atoms with Crippen LogP contribution in [-0.4, -0.2) is 41.5 Å². The Bertz CT molecular complexity index is 1390. The van der Waals surface area contributed by atoms with Gasteiger partial charge in [0.2, 0.25) is 11.8 Å². The number of para-hydroxylation sites is 2. The Morgan fingerprint density at radius 3 is 2.38 bits per heavy atom. The van der Waals surface area contributed by atoms with E-state index in [0.29, 0.717) is 29.8 Å². The molecule has 8 heteroatoms. The zero-order valence-electron chi connectivity index (χ0n) is 22.9. The van der Waals surface area contributed by atoms with Gasteiger partial charge in [-0.1, -0.05) is 36.4 Å². The van der Waals surface area contributed by atoms with Gasteiger partial charge in [-0.2, -0.15) is 5.26 Å². The maximum absolute atomic E-state index is 13.6. The van der Waals surface area contributed by atoms with Crippen LogP contribution in [0.4, 0.5) is 11.4 Å². The first-order valence-electron chi connectivity index (χ1n) is 12.9. The first-order valence-corrected chi connectivity index (χ1v) is 12.9. The molecule has 0 heterocycles. The molecule has 204 valence electrons. The van der Waals surface area contributed by atoms with Crippen LogP contribution < -0.4 is 10.2 Å². The number of aromatic hydroxyl groups is 1. The van der Waals surface area contributed by atoms with E-state index in [-0.39, 0.29) is 36.8 Å². The molecule has 3 rings (SSSR count). The van der Waals surface area contributed by atoms with Crippen molar-refractivity contribution in [2.75, 3.05) is 17.3 Å². The van der Waals surface area contributed by atoms with Crippen LogP contribution in [0.25, 0.3) is 10.8 Å². The number of fused-ring (bicyclic) bond motifs is 1. The quantitative estimate of drug-likeness (QED) is 0.229. The molecule has 0 saturated heterocycles. The van der Waals surface area contributed by atoms with E-state index >= 15 is 0 Å². The first-order chi connectivity index (χ1) is 18.5. The van der Waals surface area contributed by atoms with Gasteiger partial charge in [0.1, 0.15) is 12.0 Å². The molecule has 0 radical (unpaired) electrons. The van der Waals surface area contributed by atoms with Gasteiger partial charge in [-0.3, -0.25) is 9.59 Å². The number of carbonyl (C=O) groups excluding carboxylic acids is 3. The van der Waals surface area contributed by atoms with Gasteiger partial charge >= 0.3 is 0 Å². The van der Waals surface area contributed by atoms with E-state index in [0.717, 1.165) is 17.1 Å². The second-order valence-corrected chi connectivity index (χ2v) is 10.5. The minimum Gasteiger partial charge on any atom is -0.506 e. The molecule has 2 N–H and O–H groups in total. The monoisotopic (exact) mass is 529 g/mol. The van der Waals surface area contributed by atoms with Crippen LogP contribution >= 0.6 is 0 Å². The summed E-state index contributed by atoms with van der Waals surface area (Å²) >= 11 is 0. The zero-order valence-corrected chi connectivity index (χ0v) is 22.9. The van der Waals surface area contributed by atoms with Crippen molar-refractivity contribution < 1.29 is 24.2 Å². The Balaban J connectivity index is 1.77. The highest BCUT2D eigenvalue weighted by Gasteiger charge is 2.36. The summed E-state index contributed by atoms with van der Waals surface area (Å²) in [5.74, 6) is -0.481. The number of ether oxygens (including phenoxy) is 1. The first kappa shape index (κ1) is 29.3. The number of phenols is 1. The largest absolute Gasteiger partial charge is 0.506 e. The molecular formula is C31H35N3O5. The Hall–Kier alpha value is -4.22. The highest BCUT2D eigenvalue weighted by Crippen LogP contribution is 2.34. The number of aldehydes is 1. The number of nitrogens with one attached hydrogen (secondary N) is 1. The van der Waals surface area contributed by atoms with Gasteiger partial charge in [-0.25, -0.2) is 0 Å². The number of hydrogen-bond donors (Lipinski definition) is 2. The second-order valence-electron chi connectivity index (χ2n) is 10.5. The summed E-state index contributed by atoms with van der Waals surface area (Å²) in [5.41, 5.74) is -0.239. The Labute approximate surface area is 229 Å². The van der Waals surface area contributed by atoms with Crippen LogP contribution in [0.15, 0.2) is 60.7 Å². The molecule has 0 saturated carbocycles. The van der Waals surface area contributed by atoms with Crippen molar-refractivity contribution in [2.24, 2.45) is 0 Å². The normalized spacial score (nSPS) is 12.8. The molecule has 0 aromatic heterocycles. The summed E-state index contributed by atoms with van der Waals surface area (Å²) in [6.07, 6.45) is 1.92. The molecule has 3 aromatic carbocycles. The third kappa shape index (κ3) is 7.65. The number of benzene rings is 3. The summed E-state index contributed by atoms with van der Waals surface area (Å²) in [4.78, 5) is 38.9. The lowest BCUT2D eigenvalue weighted by atomic mass is 9.91. The van der Waals surface area contributed by atoms with Crippen molar-refractivity contribution in [1.82, 2.24) is 0 Å². The minimum absolute atomic E-state index is 0.0151. The van der Waals surface area contributed by atoms with Gasteiger partial charge in [0.15, 0.2) is 0 Å². The zero-order chi connectivity index (χ0) is 28.6. The molecule has 1 atom stereocenters. The van der Waals surface area contributed by atoms with Gasteiger partial charge in [0, 0.05) is 30.7 Å². The second kappa shape index (κ2) is 12.5. The topological polar surface area (TPSA) is 120 Å². The Morgan fingerprint density at radius 1 is 1.05 bits per heavy atom. The summed E-state index contributed by atoms with van der Waals surface area (Å²) in [7, 11) is 1.69. The average molecular weight is 530 g/mol. The predicted octanol–water partition coefficient (Wildman–Crippen LogP) is 5.72. The summed E-state index contributed by atoms with van der Waals surface area (Å²) in [5, 5.41) is 23.6. The van der Waals surface area contributed by atoms with E-state index in [1.165, 1.54) is 6.07 Å². The molecule has 0 bridgehead atoms. The van der Waals surface area contributed by atoms with Crippen LogP contribution in [0.5, 0.6) is 5.75 Å². The van der Waals surface area contributed by atoms with Crippen LogP contribution in [0, 0.1) is 11.3 Å². The number of hydrogen-bond acceptors (Lipinski definition) is 6. The number of amides is 2. The fraction of sp³-hybridized carbons (Fsp3) is 0.355. The van der Waals surface area contributed by atoms with Gasteiger partial charge in [0.25, 0.3) is 0 Å². The summed E-state index contributed by atoms with van der Waals surface area (Å²) in [6, 6.07) is 19.6. The van der Waals surface area contributed by atoms with Crippen molar-refractivity contribution in [2.45, 2.75) is 64.1 Å². The van der Waals surface area contributed by atoms with E-state index in [4.69, 9.17) is 4.74 Å². The molecule has 0 aliphatic heterocycles. The molecule has 0 fully saturated rings. The number of carbonyl (C=O) groups is 3. The van der Waals surface area contributed by atoms with E-state index < -0.39 is 11.2 Å². The smallest absolute Gasteiger partial charge is 0.229 e. The van der Waals surface area contributed by atoms with Crippen LogP contribution in [0.3, 0.4) is 0 Å². The number of phenolic OH excluding ortho intramolecular Hbond substituents is 1. The maximum atomic E-state index is 13.6. The highest BCUT2D eigenvalue weighted by molar-refractivity contribution is 6.05. The standard InChI is InChI=1S/C31H35N3O5/c1-30(2,18-19-35)39-31(3,17-9-14-28(37)33-25-12-7-8-13-27(25)36)20-29(38)34(4)26-16-15-22(21-32)23-10-5-6-11-24(23)26/h5-8,10-13,15-16,19,36H,9,14,17-18,20H2,1-4H3,(H,33,37). The Morgan fingerprint density at radius 2 is 1.72 bits per heavy atom. The molecule has 8 nitrogen and oxygen atoms in total. The van der Waals surface area contributed by atoms with Crippen molar-refractivity contribution >= 4 is 40.2 Å².